The number of benzene rings is 3. The monoisotopic (exact) mass is 415 g/mol. The minimum Gasteiger partial charge on any atom is -0.493 e. The third-order valence-electron chi connectivity index (χ3n) is 4.47. The standard InChI is InChI=1S/C23H23Cl2NO2/c1-16-9-11-17(12-10-16)13-26-14-18-5-3-8-22(27-2)23(18)28-15-19-20(24)6-4-7-21(19)25/h3-12,26H,13-15H2,1-2H3. The fourth-order valence-electron chi connectivity index (χ4n) is 2.89. The largest absolute Gasteiger partial charge is 0.493 e. The van der Waals surface area contributed by atoms with E-state index in [0.717, 1.165) is 17.7 Å². The third-order valence-corrected chi connectivity index (χ3v) is 5.18. The highest BCUT2D eigenvalue weighted by molar-refractivity contribution is 6.35. The van der Waals surface area contributed by atoms with Gasteiger partial charge in [0.05, 0.1) is 7.11 Å². The van der Waals surface area contributed by atoms with Crippen molar-refractivity contribution in [3.05, 3.63) is 93.0 Å². The van der Waals surface area contributed by atoms with Crippen molar-refractivity contribution in [1.82, 2.24) is 5.32 Å². The highest BCUT2D eigenvalue weighted by atomic mass is 35.5. The summed E-state index contributed by atoms with van der Waals surface area (Å²) in [5.74, 6) is 1.37. The van der Waals surface area contributed by atoms with Gasteiger partial charge in [-0.15, -0.1) is 0 Å². The van der Waals surface area contributed by atoms with E-state index in [2.05, 4.69) is 36.5 Å². The first-order valence-corrected chi connectivity index (χ1v) is 9.82. The van der Waals surface area contributed by atoms with Gasteiger partial charge in [-0.25, -0.2) is 0 Å². The SMILES string of the molecule is COc1cccc(CNCc2ccc(C)cc2)c1OCc1c(Cl)cccc1Cl. The molecule has 0 aromatic heterocycles. The molecule has 0 spiro atoms. The lowest BCUT2D eigenvalue weighted by Crippen LogP contribution is -2.14. The Hall–Kier alpha value is -2.20. The molecule has 28 heavy (non-hydrogen) atoms. The normalized spacial score (nSPS) is 10.7. The number of para-hydroxylation sites is 1. The first-order valence-electron chi connectivity index (χ1n) is 9.06. The zero-order valence-corrected chi connectivity index (χ0v) is 17.5. The van der Waals surface area contributed by atoms with E-state index < -0.39 is 0 Å². The van der Waals surface area contributed by atoms with Gasteiger partial charge < -0.3 is 14.8 Å². The lowest BCUT2D eigenvalue weighted by atomic mass is 10.1. The molecule has 0 saturated heterocycles. The van der Waals surface area contributed by atoms with Gasteiger partial charge in [-0.3, -0.25) is 0 Å². The molecule has 3 aromatic carbocycles. The van der Waals surface area contributed by atoms with Gasteiger partial charge in [0.15, 0.2) is 11.5 Å². The van der Waals surface area contributed by atoms with Gasteiger partial charge in [-0.1, -0.05) is 71.2 Å². The van der Waals surface area contributed by atoms with E-state index in [1.165, 1.54) is 11.1 Å². The Kier molecular flexibility index (Phi) is 7.21. The molecule has 0 radical (unpaired) electrons. The van der Waals surface area contributed by atoms with Crippen molar-refractivity contribution >= 4 is 23.2 Å². The van der Waals surface area contributed by atoms with E-state index >= 15 is 0 Å². The Morgan fingerprint density at radius 3 is 2.21 bits per heavy atom. The van der Waals surface area contributed by atoms with Crippen molar-refractivity contribution in [2.45, 2.75) is 26.6 Å². The van der Waals surface area contributed by atoms with Crippen molar-refractivity contribution in [3.63, 3.8) is 0 Å². The van der Waals surface area contributed by atoms with Gasteiger partial charge in [-0.2, -0.15) is 0 Å². The number of methoxy groups -OCH3 is 1. The second-order valence-corrected chi connectivity index (χ2v) is 7.34. The Bertz CT molecular complexity index is 906. The summed E-state index contributed by atoms with van der Waals surface area (Å²) < 4.78 is 11.6. The van der Waals surface area contributed by atoms with Crippen LogP contribution in [0.3, 0.4) is 0 Å². The maximum Gasteiger partial charge on any atom is 0.166 e. The Balaban J connectivity index is 1.72. The maximum absolute atomic E-state index is 6.26. The summed E-state index contributed by atoms with van der Waals surface area (Å²) in [4.78, 5) is 0. The number of hydrogen-bond acceptors (Lipinski definition) is 3. The quantitative estimate of drug-likeness (QED) is 0.476. The van der Waals surface area contributed by atoms with E-state index in [1.807, 2.05) is 24.3 Å². The lowest BCUT2D eigenvalue weighted by Gasteiger charge is -2.16. The molecule has 0 amide bonds. The molecule has 0 atom stereocenters. The Labute approximate surface area is 176 Å². The maximum atomic E-state index is 6.26. The molecule has 0 saturated carbocycles. The summed E-state index contributed by atoms with van der Waals surface area (Å²) >= 11 is 12.5. The predicted octanol–water partition coefficient (Wildman–Crippen LogP) is 6.18. The van der Waals surface area contributed by atoms with Gasteiger partial charge in [0.2, 0.25) is 0 Å². The van der Waals surface area contributed by atoms with Crippen LogP contribution in [0.25, 0.3) is 0 Å². The molecule has 3 aromatic rings. The number of nitrogens with one attached hydrogen (secondary N) is 1. The molecular formula is C23H23Cl2NO2. The molecule has 0 fully saturated rings. The van der Waals surface area contributed by atoms with Crippen LogP contribution in [-0.4, -0.2) is 7.11 Å². The predicted molar refractivity (Wildman–Crippen MR) is 116 cm³/mol. The number of halogens is 2. The van der Waals surface area contributed by atoms with Crippen LogP contribution in [0, 0.1) is 6.92 Å². The van der Waals surface area contributed by atoms with Gasteiger partial charge in [0, 0.05) is 34.3 Å². The van der Waals surface area contributed by atoms with Gasteiger partial charge in [0.25, 0.3) is 0 Å². The molecule has 146 valence electrons. The highest BCUT2D eigenvalue weighted by Gasteiger charge is 2.13. The van der Waals surface area contributed by atoms with Crippen LogP contribution in [0.4, 0.5) is 0 Å². The van der Waals surface area contributed by atoms with E-state index in [9.17, 15) is 0 Å². The van der Waals surface area contributed by atoms with Crippen LogP contribution < -0.4 is 14.8 Å². The summed E-state index contributed by atoms with van der Waals surface area (Å²) in [5, 5.41) is 4.63. The van der Waals surface area contributed by atoms with Crippen LogP contribution >= 0.6 is 23.2 Å². The minimum absolute atomic E-state index is 0.268. The molecule has 0 aliphatic heterocycles. The van der Waals surface area contributed by atoms with Crippen molar-refractivity contribution in [2.75, 3.05) is 7.11 Å². The minimum atomic E-state index is 0.268. The number of aryl methyl sites for hydroxylation is 1. The molecular weight excluding hydrogens is 393 g/mol. The summed E-state index contributed by atoms with van der Waals surface area (Å²) in [6.45, 7) is 3.77. The van der Waals surface area contributed by atoms with Crippen molar-refractivity contribution < 1.29 is 9.47 Å². The third kappa shape index (κ3) is 5.20. The van der Waals surface area contributed by atoms with Gasteiger partial charge >= 0.3 is 0 Å². The number of rotatable bonds is 8. The fourth-order valence-corrected chi connectivity index (χ4v) is 3.39. The molecule has 1 N–H and O–H groups in total. The van der Waals surface area contributed by atoms with Crippen LogP contribution in [0.5, 0.6) is 11.5 Å². The molecule has 0 aliphatic rings. The summed E-state index contributed by atoms with van der Waals surface area (Å²) in [5.41, 5.74) is 4.26. The zero-order valence-electron chi connectivity index (χ0n) is 16.0. The van der Waals surface area contributed by atoms with Gasteiger partial charge in [-0.05, 0) is 30.7 Å². The van der Waals surface area contributed by atoms with Crippen LogP contribution in [0.2, 0.25) is 10.0 Å². The first-order chi connectivity index (χ1) is 13.6. The average Bonchev–Trinajstić information content (AvgIpc) is 2.69. The van der Waals surface area contributed by atoms with Crippen molar-refractivity contribution in [2.24, 2.45) is 0 Å². The van der Waals surface area contributed by atoms with E-state index in [-0.39, 0.29) is 6.61 Å². The fraction of sp³-hybridized carbons (Fsp3) is 0.217. The van der Waals surface area contributed by atoms with Crippen LogP contribution in [-0.2, 0) is 19.7 Å². The number of ether oxygens (including phenoxy) is 2. The molecule has 5 heteroatoms. The Morgan fingerprint density at radius 1 is 0.857 bits per heavy atom. The molecule has 0 aliphatic carbocycles. The molecule has 0 bridgehead atoms. The van der Waals surface area contributed by atoms with Gasteiger partial charge in [0.1, 0.15) is 6.61 Å². The smallest absolute Gasteiger partial charge is 0.166 e. The van der Waals surface area contributed by atoms with Crippen molar-refractivity contribution in [1.29, 1.82) is 0 Å². The van der Waals surface area contributed by atoms with Crippen LogP contribution in [0.15, 0.2) is 60.7 Å². The highest BCUT2D eigenvalue weighted by Crippen LogP contribution is 2.33. The van der Waals surface area contributed by atoms with Crippen molar-refractivity contribution in [3.8, 4) is 11.5 Å². The summed E-state index contributed by atoms with van der Waals surface area (Å²) in [6, 6.07) is 19.8. The van der Waals surface area contributed by atoms with E-state index in [4.69, 9.17) is 32.7 Å². The van der Waals surface area contributed by atoms with E-state index in [1.54, 1.807) is 19.2 Å². The summed E-state index contributed by atoms with van der Waals surface area (Å²) in [7, 11) is 1.63. The topological polar surface area (TPSA) is 30.5 Å². The second kappa shape index (κ2) is 9.83. The number of hydrogen-bond donors (Lipinski definition) is 1. The first kappa shape index (κ1) is 20.5. The van der Waals surface area contributed by atoms with Crippen LogP contribution in [0.1, 0.15) is 22.3 Å². The second-order valence-electron chi connectivity index (χ2n) is 6.53. The molecule has 0 heterocycles. The molecule has 3 rings (SSSR count). The molecule has 0 unspecified atom stereocenters. The summed E-state index contributed by atoms with van der Waals surface area (Å²) in [6.07, 6.45) is 0. The zero-order chi connectivity index (χ0) is 19.9. The van der Waals surface area contributed by atoms with E-state index in [0.29, 0.717) is 28.1 Å². The average molecular weight is 416 g/mol. The lowest BCUT2D eigenvalue weighted by molar-refractivity contribution is 0.281. The Morgan fingerprint density at radius 2 is 1.54 bits per heavy atom. The molecule has 3 nitrogen and oxygen atoms in total.